The van der Waals surface area contributed by atoms with Crippen LogP contribution in [-0.2, 0) is 4.79 Å². The van der Waals surface area contributed by atoms with Crippen molar-refractivity contribution < 1.29 is 4.79 Å². The predicted octanol–water partition coefficient (Wildman–Crippen LogP) is 3.22. The molecule has 1 aliphatic carbocycles. The zero-order chi connectivity index (χ0) is 12.4. The summed E-state index contributed by atoms with van der Waals surface area (Å²) in [5.41, 5.74) is 8.06. The summed E-state index contributed by atoms with van der Waals surface area (Å²) in [6.07, 6.45) is 3.19. The Morgan fingerprint density at radius 2 is 2.18 bits per heavy atom. The van der Waals surface area contributed by atoms with E-state index in [4.69, 9.17) is 17.3 Å². The maximum Gasteiger partial charge on any atom is 0.157 e. The fourth-order valence-corrected chi connectivity index (χ4v) is 2.11. The van der Waals surface area contributed by atoms with Gasteiger partial charge in [-0.15, -0.1) is 0 Å². The van der Waals surface area contributed by atoms with Crippen molar-refractivity contribution in [1.82, 2.24) is 0 Å². The van der Waals surface area contributed by atoms with Crippen LogP contribution >= 0.6 is 11.6 Å². The van der Waals surface area contributed by atoms with Crippen LogP contribution in [0.2, 0.25) is 5.02 Å². The number of hydrogen-bond acceptors (Lipinski definition) is 3. The Labute approximate surface area is 106 Å². The lowest BCUT2D eigenvalue weighted by atomic mass is 9.93. The van der Waals surface area contributed by atoms with Gasteiger partial charge in [0.25, 0.3) is 0 Å². The molecule has 0 saturated carbocycles. The van der Waals surface area contributed by atoms with Crippen LogP contribution in [0.5, 0.6) is 0 Å². The molecule has 1 aromatic carbocycles. The van der Waals surface area contributed by atoms with Gasteiger partial charge >= 0.3 is 0 Å². The Kier molecular flexibility index (Phi) is 3.38. The van der Waals surface area contributed by atoms with Crippen LogP contribution in [0, 0.1) is 5.92 Å². The molecule has 1 atom stereocenters. The van der Waals surface area contributed by atoms with Crippen molar-refractivity contribution in [3.8, 4) is 0 Å². The summed E-state index contributed by atoms with van der Waals surface area (Å²) in [5, 5.41) is 3.75. The molecule has 0 spiro atoms. The second-order valence-corrected chi connectivity index (χ2v) is 4.92. The summed E-state index contributed by atoms with van der Waals surface area (Å²) in [4.78, 5) is 11.4. The second kappa shape index (κ2) is 4.80. The van der Waals surface area contributed by atoms with Crippen molar-refractivity contribution in [3.63, 3.8) is 0 Å². The van der Waals surface area contributed by atoms with Crippen molar-refractivity contribution >= 4 is 28.8 Å². The summed E-state index contributed by atoms with van der Waals surface area (Å²) >= 11 is 5.85. The number of carbonyl (C=O) groups is 1. The van der Waals surface area contributed by atoms with E-state index in [1.807, 2.05) is 6.07 Å². The van der Waals surface area contributed by atoms with Crippen LogP contribution in [0.1, 0.15) is 19.8 Å². The molecule has 0 bridgehead atoms. The monoisotopic (exact) mass is 250 g/mol. The summed E-state index contributed by atoms with van der Waals surface area (Å²) in [6.45, 7) is 2.07. The van der Waals surface area contributed by atoms with Crippen LogP contribution in [-0.4, -0.2) is 5.78 Å². The van der Waals surface area contributed by atoms with Gasteiger partial charge in [0.1, 0.15) is 0 Å². The molecule has 2 rings (SSSR count). The minimum absolute atomic E-state index is 0.174. The number of allylic oxidation sites excluding steroid dienone is 2. The summed E-state index contributed by atoms with van der Waals surface area (Å²) in [6, 6.07) is 5.37. The van der Waals surface area contributed by atoms with E-state index in [9.17, 15) is 4.79 Å². The van der Waals surface area contributed by atoms with Crippen molar-refractivity contribution in [2.75, 3.05) is 11.1 Å². The molecule has 4 heteroatoms. The smallest absolute Gasteiger partial charge is 0.157 e. The predicted molar refractivity (Wildman–Crippen MR) is 71.0 cm³/mol. The highest BCUT2D eigenvalue weighted by atomic mass is 35.5. The molecule has 3 nitrogen and oxygen atoms in total. The molecule has 3 N–H and O–H groups in total. The van der Waals surface area contributed by atoms with Gasteiger partial charge in [0.2, 0.25) is 0 Å². The standard InChI is InChI=1S/C13H15ClN2O/c1-8-4-10(6-11(17)5-8)16-9-2-3-12(14)13(15)7-9/h2-3,6-8,16H,4-5,15H2,1H3. The summed E-state index contributed by atoms with van der Waals surface area (Å²) < 4.78 is 0. The lowest BCUT2D eigenvalue weighted by Gasteiger charge is -2.19. The zero-order valence-corrected chi connectivity index (χ0v) is 10.4. The molecule has 1 aromatic rings. The van der Waals surface area contributed by atoms with Gasteiger partial charge in [-0.3, -0.25) is 4.79 Å². The highest BCUT2D eigenvalue weighted by Crippen LogP contribution is 2.26. The van der Waals surface area contributed by atoms with E-state index >= 15 is 0 Å². The third kappa shape index (κ3) is 3.01. The van der Waals surface area contributed by atoms with Gasteiger partial charge in [-0.25, -0.2) is 0 Å². The second-order valence-electron chi connectivity index (χ2n) is 4.51. The Bertz CT molecular complexity index is 482. The molecular weight excluding hydrogens is 236 g/mol. The first kappa shape index (κ1) is 12.0. The molecule has 90 valence electrons. The first-order valence-corrected chi connectivity index (χ1v) is 5.98. The number of benzene rings is 1. The van der Waals surface area contributed by atoms with Gasteiger partial charge in [0.05, 0.1) is 10.7 Å². The van der Waals surface area contributed by atoms with Gasteiger partial charge in [-0.1, -0.05) is 18.5 Å². The van der Waals surface area contributed by atoms with Crippen molar-refractivity contribution in [2.45, 2.75) is 19.8 Å². The summed E-state index contributed by atoms with van der Waals surface area (Å²) in [5.74, 6) is 0.563. The molecule has 0 aliphatic heterocycles. The molecular formula is C13H15ClN2O. The SMILES string of the molecule is CC1CC(=O)C=C(Nc2ccc(Cl)c(N)c2)C1. The van der Waals surface area contributed by atoms with E-state index < -0.39 is 0 Å². The van der Waals surface area contributed by atoms with E-state index in [1.54, 1.807) is 18.2 Å². The Morgan fingerprint density at radius 1 is 1.41 bits per heavy atom. The quantitative estimate of drug-likeness (QED) is 0.793. The molecule has 0 fully saturated rings. The maximum absolute atomic E-state index is 11.4. The van der Waals surface area contributed by atoms with Crippen LogP contribution in [0.15, 0.2) is 30.0 Å². The number of anilines is 2. The maximum atomic E-state index is 11.4. The van der Waals surface area contributed by atoms with E-state index in [0.717, 1.165) is 17.8 Å². The molecule has 0 radical (unpaired) electrons. The third-order valence-electron chi connectivity index (χ3n) is 2.75. The van der Waals surface area contributed by atoms with Crippen molar-refractivity contribution in [1.29, 1.82) is 0 Å². The van der Waals surface area contributed by atoms with Gasteiger partial charge in [0, 0.05) is 23.9 Å². The highest BCUT2D eigenvalue weighted by Gasteiger charge is 2.16. The minimum Gasteiger partial charge on any atom is -0.397 e. The van der Waals surface area contributed by atoms with E-state index in [1.165, 1.54) is 0 Å². The lowest BCUT2D eigenvalue weighted by molar-refractivity contribution is -0.115. The van der Waals surface area contributed by atoms with Crippen LogP contribution in [0.3, 0.4) is 0 Å². The van der Waals surface area contributed by atoms with E-state index in [-0.39, 0.29) is 5.78 Å². The van der Waals surface area contributed by atoms with Crippen LogP contribution in [0.25, 0.3) is 0 Å². The number of ketones is 1. The number of hydrogen-bond donors (Lipinski definition) is 2. The molecule has 0 aromatic heterocycles. The number of rotatable bonds is 2. The number of halogens is 1. The fourth-order valence-electron chi connectivity index (χ4n) is 2.00. The van der Waals surface area contributed by atoms with Gasteiger partial charge in [-0.2, -0.15) is 0 Å². The average Bonchev–Trinajstić information content (AvgIpc) is 2.22. The highest BCUT2D eigenvalue weighted by molar-refractivity contribution is 6.33. The molecule has 0 amide bonds. The number of nitrogens with one attached hydrogen (secondary N) is 1. The molecule has 1 aliphatic rings. The van der Waals surface area contributed by atoms with Gasteiger partial charge < -0.3 is 11.1 Å². The number of nitrogen functional groups attached to an aromatic ring is 1. The van der Waals surface area contributed by atoms with Crippen molar-refractivity contribution in [2.24, 2.45) is 5.92 Å². The number of nitrogens with two attached hydrogens (primary N) is 1. The van der Waals surface area contributed by atoms with Gasteiger partial charge in [-0.05, 0) is 30.5 Å². The Hall–Kier alpha value is -1.48. The fraction of sp³-hybridized carbons (Fsp3) is 0.308. The molecule has 0 saturated heterocycles. The minimum atomic E-state index is 0.174. The lowest BCUT2D eigenvalue weighted by Crippen LogP contribution is -2.15. The first-order chi connectivity index (χ1) is 8.04. The first-order valence-electron chi connectivity index (χ1n) is 5.60. The van der Waals surface area contributed by atoms with Crippen molar-refractivity contribution in [3.05, 3.63) is 35.0 Å². The number of carbonyl (C=O) groups excluding carboxylic acids is 1. The average molecular weight is 251 g/mol. The topological polar surface area (TPSA) is 55.1 Å². The Morgan fingerprint density at radius 3 is 2.82 bits per heavy atom. The molecule has 1 unspecified atom stereocenters. The van der Waals surface area contributed by atoms with Crippen LogP contribution in [0.4, 0.5) is 11.4 Å². The van der Waals surface area contributed by atoms with Crippen LogP contribution < -0.4 is 11.1 Å². The van der Waals surface area contributed by atoms with E-state index in [2.05, 4.69) is 12.2 Å². The Balaban J connectivity index is 2.15. The summed E-state index contributed by atoms with van der Waals surface area (Å²) in [7, 11) is 0. The molecule has 17 heavy (non-hydrogen) atoms. The third-order valence-corrected chi connectivity index (χ3v) is 3.10. The largest absolute Gasteiger partial charge is 0.397 e. The van der Waals surface area contributed by atoms with E-state index in [0.29, 0.717) is 23.0 Å². The molecule has 0 heterocycles. The normalized spacial score (nSPS) is 20.0. The zero-order valence-electron chi connectivity index (χ0n) is 9.66. The van der Waals surface area contributed by atoms with Gasteiger partial charge in [0.15, 0.2) is 5.78 Å².